The second-order valence-electron chi connectivity index (χ2n) is 5.21. The van der Waals surface area contributed by atoms with Gasteiger partial charge >= 0.3 is 18.2 Å². The Morgan fingerprint density at radius 1 is 1.35 bits per heavy atom. The van der Waals surface area contributed by atoms with E-state index in [-0.39, 0.29) is 19.5 Å². The molecule has 0 atom stereocenters. The molecule has 0 heterocycles. The largest absolute Gasteiger partial charge is 0.481 e. The lowest BCUT2D eigenvalue weighted by molar-refractivity contribution is -0.141. The van der Waals surface area contributed by atoms with Crippen LogP contribution in [-0.4, -0.2) is 47.8 Å². The summed E-state index contributed by atoms with van der Waals surface area (Å²) in [6, 6.07) is -0.804. The summed E-state index contributed by atoms with van der Waals surface area (Å²) in [6.07, 6.45) is -2.29. The van der Waals surface area contributed by atoms with Gasteiger partial charge < -0.3 is 15.3 Å². The third kappa shape index (κ3) is 4.90. The molecule has 0 aliphatic heterocycles. The molecule has 8 heteroatoms. The van der Waals surface area contributed by atoms with E-state index in [1.54, 1.807) is 0 Å². The van der Waals surface area contributed by atoms with E-state index in [0.717, 1.165) is 6.42 Å². The SMILES string of the molecule is CCN(CC(F)(F)F)C(=O)NCC1(CC(=O)O)CCC1. The van der Waals surface area contributed by atoms with Gasteiger partial charge in [0, 0.05) is 13.1 Å². The first kappa shape index (κ1) is 16.6. The van der Waals surface area contributed by atoms with Crippen LogP contribution in [0.15, 0.2) is 0 Å². The van der Waals surface area contributed by atoms with Crippen LogP contribution in [0.2, 0.25) is 0 Å². The topological polar surface area (TPSA) is 69.6 Å². The van der Waals surface area contributed by atoms with Crippen LogP contribution in [0.4, 0.5) is 18.0 Å². The van der Waals surface area contributed by atoms with Crippen molar-refractivity contribution in [2.24, 2.45) is 5.41 Å². The Bertz CT molecular complexity index is 367. The fourth-order valence-corrected chi connectivity index (χ4v) is 2.33. The number of carboxylic acid groups (broad SMARTS) is 1. The number of halogens is 3. The molecule has 1 aliphatic rings. The molecule has 0 bridgehead atoms. The molecule has 0 aromatic carbocycles. The molecule has 2 N–H and O–H groups in total. The van der Waals surface area contributed by atoms with Crippen LogP contribution in [0.5, 0.6) is 0 Å². The zero-order chi connectivity index (χ0) is 15.4. The predicted octanol–water partition coefficient (Wildman–Crippen LogP) is 2.23. The van der Waals surface area contributed by atoms with Gasteiger partial charge in [-0.2, -0.15) is 13.2 Å². The van der Waals surface area contributed by atoms with E-state index in [0.29, 0.717) is 17.7 Å². The zero-order valence-electron chi connectivity index (χ0n) is 11.3. The van der Waals surface area contributed by atoms with E-state index in [1.807, 2.05) is 0 Å². The first-order chi connectivity index (χ1) is 9.17. The van der Waals surface area contributed by atoms with Gasteiger partial charge in [0.25, 0.3) is 0 Å². The number of aliphatic carboxylic acids is 1. The first-order valence-electron chi connectivity index (χ1n) is 6.49. The Kier molecular flexibility index (Phi) is 5.24. The van der Waals surface area contributed by atoms with E-state index in [4.69, 9.17) is 5.11 Å². The highest BCUT2D eigenvalue weighted by Crippen LogP contribution is 2.43. The molecule has 0 unspecified atom stereocenters. The molecule has 2 amide bonds. The maximum Gasteiger partial charge on any atom is 0.406 e. The van der Waals surface area contributed by atoms with Crippen molar-refractivity contribution in [1.82, 2.24) is 10.2 Å². The quantitative estimate of drug-likeness (QED) is 0.789. The highest BCUT2D eigenvalue weighted by molar-refractivity contribution is 5.74. The molecular weight excluding hydrogens is 277 g/mol. The average Bonchev–Trinajstić information content (AvgIpc) is 2.27. The van der Waals surface area contributed by atoms with E-state index < -0.39 is 30.1 Å². The number of carbonyl (C=O) groups is 2. The second kappa shape index (κ2) is 6.32. The molecule has 5 nitrogen and oxygen atoms in total. The van der Waals surface area contributed by atoms with Crippen LogP contribution in [0.25, 0.3) is 0 Å². The van der Waals surface area contributed by atoms with Crippen LogP contribution < -0.4 is 5.32 Å². The number of amides is 2. The average molecular weight is 296 g/mol. The molecule has 1 aliphatic carbocycles. The fourth-order valence-electron chi connectivity index (χ4n) is 2.33. The Hall–Kier alpha value is -1.47. The van der Waals surface area contributed by atoms with Crippen molar-refractivity contribution >= 4 is 12.0 Å². The summed E-state index contributed by atoms with van der Waals surface area (Å²) in [6.45, 7) is 0.201. The van der Waals surface area contributed by atoms with Crippen molar-refractivity contribution in [3.05, 3.63) is 0 Å². The molecule has 0 saturated heterocycles. The van der Waals surface area contributed by atoms with Gasteiger partial charge in [-0.15, -0.1) is 0 Å². The van der Waals surface area contributed by atoms with Crippen molar-refractivity contribution in [3.63, 3.8) is 0 Å². The van der Waals surface area contributed by atoms with Crippen LogP contribution in [0.3, 0.4) is 0 Å². The number of nitrogens with one attached hydrogen (secondary N) is 1. The third-order valence-electron chi connectivity index (χ3n) is 3.59. The number of urea groups is 1. The summed E-state index contributed by atoms with van der Waals surface area (Å²) in [5, 5.41) is 11.2. The second-order valence-corrected chi connectivity index (χ2v) is 5.21. The minimum absolute atomic E-state index is 0.0583. The zero-order valence-corrected chi connectivity index (χ0v) is 11.3. The number of carbonyl (C=O) groups excluding carboxylic acids is 1. The van der Waals surface area contributed by atoms with Crippen LogP contribution >= 0.6 is 0 Å². The van der Waals surface area contributed by atoms with Crippen LogP contribution in [0, 0.1) is 5.41 Å². The van der Waals surface area contributed by atoms with Gasteiger partial charge in [-0.25, -0.2) is 4.79 Å². The van der Waals surface area contributed by atoms with Gasteiger partial charge in [0.15, 0.2) is 0 Å². The van der Waals surface area contributed by atoms with Gasteiger partial charge in [0.2, 0.25) is 0 Å². The van der Waals surface area contributed by atoms with Gasteiger partial charge in [-0.05, 0) is 25.2 Å². The maximum atomic E-state index is 12.3. The number of alkyl halides is 3. The van der Waals surface area contributed by atoms with E-state index >= 15 is 0 Å². The first-order valence-corrected chi connectivity index (χ1v) is 6.49. The minimum Gasteiger partial charge on any atom is -0.481 e. The predicted molar refractivity (Wildman–Crippen MR) is 65.2 cm³/mol. The summed E-state index contributed by atoms with van der Waals surface area (Å²) in [5.74, 6) is -0.957. The number of hydrogen-bond donors (Lipinski definition) is 2. The van der Waals surface area contributed by atoms with E-state index in [1.165, 1.54) is 6.92 Å². The molecular formula is C12H19F3N2O3. The van der Waals surface area contributed by atoms with E-state index in [9.17, 15) is 22.8 Å². The lowest BCUT2D eigenvalue weighted by Crippen LogP contribution is -2.49. The molecule has 0 radical (unpaired) electrons. The molecule has 116 valence electrons. The lowest BCUT2D eigenvalue weighted by Gasteiger charge is -2.41. The Balaban J connectivity index is 2.50. The molecule has 20 heavy (non-hydrogen) atoms. The molecule has 1 saturated carbocycles. The van der Waals surface area contributed by atoms with Gasteiger partial charge in [0.05, 0.1) is 6.42 Å². The van der Waals surface area contributed by atoms with Crippen molar-refractivity contribution in [3.8, 4) is 0 Å². The van der Waals surface area contributed by atoms with Gasteiger partial charge in [0.1, 0.15) is 6.54 Å². The molecule has 0 aromatic rings. The Labute approximate surface area is 115 Å². The summed E-state index contributed by atoms with van der Waals surface area (Å²) >= 11 is 0. The van der Waals surface area contributed by atoms with Crippen LogP contribution in [-0.2, 0) is 4.79 Å². The molecule has 1 rings (SSSR count). The number of nitrogens with zero attached hydrogens (tertiary/aromatic N) is 1. The van der Waals surface area contributed by atoms with Crippen molar-refractivity contribution in [2.75, 3.05) is 19.6 Å². The fraction of sp³-hybridized carbons (Fsp3) is 0.833. The third-order valence-corrected chi connectivity index (χ3v) is 3.59. The normalized spacial score (nSPS) is 17.2. The highest BCUT2D eigenvalue weighted by atomic mass is 19.4. The number of hydrogen-bond acceptors (Lipinski definition) is 2. The van der Waals surface area contributed by atoms with Gasteiger partial charge in [-0.1, -0.05) is 6.42 Å². The van der Waals surface area contributed by atoms with Gasteiger partial charge in [-0.3, -0.25) is 4.79 Å². The Morgan fingerprint density at radius 3 is 2.30 bits per heavy atom. The number of rotatable bonds is 6. The highest BCUT2D eigenvalue weighted by Gasteiger charge is 2.40. The van der Waals surface area contributed by atoms with Crippen molar-refractivity contribution < 1.29 is 27.9 Å². The maximum absolute atomic E-state index is 12.3. The smallest absolute Gasteiger partial charge is 0.406 e. The summed E-state index contributed by atoms with van der Waals surface area (Å²) in [7, 11) is 0. The monoisotopic (exact) mass is 296 g/mol. The molecule has 0 spiro atoms. The van der Waals surface area contributed by atoms with Crippen molar-refractivity contribution in [2.45, 2.75) is 38.8 Å². The summed E-state index contributed by atoms with van der Waals surface area (Å²) < 4.78 is 36.8. The number of carboxylic acids is 1. The minimum atomic E-state index is -4.44. The Morgan fingerprint density at radius 2 is 1.95 bits per heavy atom. The summed E-state index contributed by atoms with van der Waals surface area (Å²) in [4.78, 5) is 23.1. The van der Waals surface area contributed by atoms with E-state index in [2.05, 4.69) is 5.32 Å². The molecule has 1 fully saturated rings. The lowest BCUT2D eigenvalue weighted by atomic mass is 9.66. The standard InChI is InChI=1S/C12H19F3N2O3/c1-2-17(8-12(13,14)15)10(20)16-7-11(4-3-5-11)6-9(18)19/h2-8H2,1H3,(H,16,20)(H,18,19). The van der Waals surface area contributed by atoms with Crippen LogP contribution in [0.1, 0.15) is 32.6 Å². The van der Waals surface area contributed by atoms with Crippen molar-refractivity contribution in [1.29, 1.82) is 0 Å². The summed E-state index contributed by atoms with van der Waals surface area (Å²) in [5.41, 5.74) is -0.501. The molecule has 0 aromatic heterocycles.